The molecule has 3 heterocycles. The molecule has 0 aliphatic carbocycles. The smallest absolute Gasteiger partial charge is 0.124 e. The summed E-state index contributed by atoms with van der Waals surface area (Å²) in [6.07, 6.45) is 6.64. The summed E-state index contributed by atoms with van der Waals surface area (Å²) in [7, 11) is 0. The van der Waals surface area contributed by atoms with Crippen molar-refractivity contribution < 1.29 is 9.68 Å². The maximum Gasteiger partial charge on any atom is 0.124 e. The van der Waals surface area contributed by atoms with Gasteiger partial charge >= 0.3 is 0 Å². The summed E-state index contributed by atoms with van der Waals surface area (Å²) in [5.41, 5.74) is 1.54. The zero-order valence-electron chi connectivity index (χ0n) is 12.6. The quantitative estimate of drug-likeness (QED) is 0.846. The minimum atomic E-state index is -0.424. The molecular weight excluding hydrogens is 268 g/mol. The zero-order chi connectivity index (χ0) is 15.1. The highest BCUT2D eigenvalue weighted by Crippen LogP contribution is 2.40. The molecule has 1 aliphatic rings. The van der Waals surface area contributed by atoms with Crippen LogP contribution in [0.2, 0.25) is 0 Å². The molecule has 1 saturated heterocycles. The van der Waals surface area contributed by atoms with Gasteiger partial charge in [0, 0.05) is 24.2 Å². The Hall–Kier alpha value is -2.05. The average Bonchev–Trinajstić information content (AvgIpc) is 2.69. The van der Waals surface area contributed by atoms with Gasteiger partial charge in [0.2, 0.25) is 0 Å². The lowest BCUT2D eigenvalue weighted by atomic mass is 9.90. The second kappa shape index (κ2) is 4.75. The van der Waals surface area contributed by atoms with E-state index in [0.29, 0.717) is 0 Å². The van der Waals surface area contributed by atoms with E-state index in [1.165, 1.54) is 11.6 Å². The number of anilines is 1. The van der Waals surface area contributed by atoms with Crippen molar-refractivity contribution in [3.63, 3.8) is 0 Å². The van der Waals surface area contributed by atoms with Crippen LogP contribution in [0.25, 0.3) is 11.3 Å². The Labute approximate surface area is 123 Å². The van der Waals surface area contributed by atoms with Crippen molar-refractivity contribution >= 4 is 5.69 Å². The third-order valence-electron chi connectivity index (χ3n) is 3.88. The van der Waals surface area contributed by atoms with E-state index in [0.717, 1.165) is 16.9 Å². The molecule has 0 unspecified atom stereocenters. The van der Waals surface area contributed by atoms with Crippen LogP contribution in [0.4, 0.5) is 5.69 Å². The summed E-state index contributed by atoms with van der Waals surface area (Å²) >= 11 is 0. The van der Waals surface area contributed by atoms with Gasteiger partial charge in [-0.05, 0) is 39.8 Å². The van der Waals surface area contributed by atoms with E-state index in [4.69, 9.17) is 9.68 Å². The highest BCUT2D eigenvalue weighted by molar-refractivity contribution is 5.62. The first-order chi connectivity index (χ1) is 9.89. The third kappa shape index (κ3) is 2.48. The fourth-order valence-electron chi connectivity index (χ4n) is 1.88. The van der Waals surface area contributed by atoms with Crippen molar-refractivity contribution in [3.05, 3.63) is 37.1 Å². The van der Waals surface area contributed by atoms with Crippen molar-refractivity contribution in [1.29, 1.82) is 0 Å². The summed E-state index contributed by atoms with van der Waals surface area (Å²) in [4.78, 5) is 24.1. The third-order valence-corrected chi connectivity index (χ3v) is 3.88. The molecule has 110 valence electrons. The van der Waals surface area contributed by atoms with Gasteiger partial charge in [-0.1, -0.05) is 0 Å². The molecule has 0 atom stereocenters. The number of pyridine rings is 1. The SMILES string of the molecule is CC1(C)ON(c2ccnc(-c3cncnc3)c2)OC1(C)C. The van der Waals surface area contributed by atoms with Gasteiger partial charge in [-0.2, -0.15) is 0 Å². The number of hydrogen-bond acceptors (Lipinski definition) is 6. The van der Waals surface area contributed by atoms with Crippen molar-refractivity contribution in [2.75, 3.05) is 5.23 Å². The summed E-state index contributed by atoms with van der Waals surface area (Å²) in [5, 5.41) is 1.45. The van der Waals surface area contributed by atoms with Gasteiger partial charge in [0.05, 0.1) is 11.4 Å². The lowest BCUT2D eigenvalue weighted by Crippen LogP contribution is -2.41. The van der Waals surface area contributed by atoms with E-state index in [1.54, 1.807) is 18.6 Å². The van der Waals surface area contributed by atoms with Gasteiger partial charge in [-0.25, -0.2) is 19.6 Å². The van der Waals surface area contributed by atoms with Crippen LogP contribution in [0.15, 0.2) is 37.1 Å². The second-order valence-corrected chi connectivity index (χ2v) is 5.99. The van der Waals surface area contributed by atoms with Crippen LogP contribution in [0.3, 0.4) is 0 Å². The van der Waals surface area contributed by atoms with Crippen LogP contribution in [0.5, 0.6) is 0 Å². The summed E-state index contributed by atoms with van der Waals surface area (Å²) in [6, 6.07) is 3.72. The minimum Gasteiger partial charge on any atom is -0.256 e. The van der Waals surface area contributed by atoms with Crippen molar-refractivity contribution in [2.45, 2.75) is 38.9 Å². The Morgan fingerprint density at radius 1 is 1.00 bits per heavy atom. The van der Waals surface area contributed by atoms with E-state index in [9.17, 15) is 0 Å². The van der Waals surface area contributed by atoms with E-state index < -0.39 is 11.2 Å². The molecule has 1 fully saturated rings. The van der Waals surface area contributed by atoms with Gasteiger partial charge in [0.15, 0.2) is 0 Å². The van der Waals surface area contributed by atoms with E-state index >= 15 is 0 Å². The van der Waals surface area contributed by atoms with Crippen molar-refractivity contribution in [1.82, 2.24) is 15.0 Å². The molecule has 21 heavy (non-hydrogen) atoms. The largest absolute Gasteiger partial charge is 0.256 e. The first kappa shape index (κ1) is 13.9. The molecule has 1 aliphatic heterocycles. The van der Waals surface area contributed by atoms with Crippen LogP contribution in [0, 0.1) is 0 Å². The molecular formula is C15H18N4O2. The van der Waals surface area contributed by atoms with Gasteiger partial charge in [0.25, 0.3) is 0 Å². The molecule has 2 aromatic heterocycles. The Morgan fingerprint density at radius 2 is 1.62 bits per heavy atom. The van der Waals surface area contributed by atoms with Gasteiger partial charge in [-0.15, -0.1) is 5.23 Å². The second-order valence-electron chi connectivity index (χ2n) is 5.99. The number of nitrogens with zero attached hydrogens (tertiary/aromatic N) is 4. The standard InChI is InChI=1S/C15H18N4O2/c1-14(2)15(3,4)21-19(20-14)12-5-6-18-13(7-12)11-8-16-10-17-9-11/h5-10H,1-4H3. The summed E-state index contributed by atoms with van der Waals surface area (Å²) in [6.45, 7) is 8.00. The fourth-order valence-corrected chi connectivity index (χ4v) is 1.88. The first-order valence-corrected chi connectivity index (χ1v) is 6.79. The van der Waals surface area contributed by atoms with Crippen LogP contribution in [0.1, 0.15) is 27.7 Å². The maximum atomic E-state index is 5.89. The minimum absolute atomic E-state index is 0.424. The molecule has 6 nitrogen and oxygen atoms in total. The molecule has 0 spiro atoms. The molecule has 0 N–H and O–H groups in total. The van der Waals surface area contributed by atoms with Gasteiger partial charge in [0.1, 0.15) is 17.5 Å². The number of aromatic nitrogens is 3. The Bertz CT molecular complexity index is 627. The van der Waals surface area contributed by atoms with E-state index in [2.05, 4.69) is 15.0 Å². The van der Waals surface area contributed by atoms with E-state index in [1.807, 2.05) is 39.8 Å². The molecule has 0 bridgehead atoms. The van der Waals surface area contributed by atoms with Crippen LogP contribution < -0.4 is 5.23 Å². The monoisotopic (exact) mass is 286 g/mol. The van der Waals surface area contributed by atoms with Gasteiger partial charge in [-0.3, -0.25) is 4.98 Å². The number of hydrogen-bond donors (Lipinski definition) is 0. The maximum absolute atomic E-state index is 5.89. The normalized spacial score (nSPS) is 19.7. The van der Waals surface area contributed by atoms with Crippen molar-refractivity contribution in [3.8, 4) is 11.3 Å². The Kier molecular flexibility index (Phi) is 3.15. The summed E-state index contributed by atoms with van der Waals surface area (Å²) < 4.78 is 0. The summed E-state index contributed by atoms with van der Waals surface area (Å²) in [5.74, 6) is 0. The number of rotatable bonds is 2. The predicted octanol–water partition coefficient (Wildman–Crippen LogP) is 2.78. The molecule has 0 saturated carbocycles. The van der Waals surface area contributed by atoms with Crippen LogP contribution in [-0.4, -0.2) is 26.2 Å². The molecule has 0 radical (unpaired) electrons. The first-order valence-electron chi connectivity index (χ1n) is 6.79. The lowest BCUT2D eigenvalue weighted by Gasteiger charge is -2.26. The Morgan fingerprint density at radius 3 is 2.24 bits per heavy atom. The van der Waals surface area contributed by atoms with Crippen LogP contribution >= 0.6 is 0 Å². The van der Waals surface area contributed by atoms with Crippen LogP contribution in [-0.2, 0) is 9.68 Å². The van der Waals surface area contributed by atoms with Crippen molar-refractivity contribution in [2.24, 2.45) is 0 Å². The highest BCUT2D eigenvalue weighted by Gasteiger charge is 2.50. The molecule has 2 aromatic rings. The highest BCUT2D eigenvalue weighted by atomic mass is 17.0. The Balaban J connectivity index is 1.92. The molecule has 0 amide bonds. The molecule has 3 rings (SSSR count). The topological polar surface area (TPSA) is 60.4 Å². The predicted molar refractivity (Wildman–Crippen MR) is 78.1 cm³/mol. The average molecular weight is 286 g/mol. The van der Waals surface area contributed by atoms with Gasteiger partial charge < -0.3 is 0 Å². The fraction of sp³-hybridized carbons (Fsp3) is 0.400. The zero-order valence-corrected chi connectivity index (χ0v) is 12.6. The van der Waals surface area contributed by atoms with E-state index in [-0.39, 0.29) is 0 Å². The lowest BCUT2D eigenvalue weighted by molar-refractivity contribution is -0.0273. The molecule has 6 heteroatoms. The molecule has 0 aromatic carbocycles.